The molecule has 2 heterocycles. The zero-order valence-electron chi connectivity index (χ0n) is 13.8. The Bertz CT molecular complexity index is 742. The minimum absolute atomic E-state index is 0.0557. The van der Waals surface area contributed by atoms with Crippen molar-refractivity contribution in [3.63, 3.8) is 0 Å². The lowest BCUT2D eigenvalue weighted by atomic mass is 10.2. The standard InChI is InChI=1S/C19H20FN3O2/c20-17-13-15(4-6-18(17)25-16-3-1-8-22-14-16)5-7-19(24)23-11-2-9-21-10-12-23/h1,3-8,13-14,21H,2,9-12H2/b7-5+. The summed E-state index contributed by atoms with van der Waals surface area (Å²) in [6.07, 6.45) is 7.18. The normalized spacial score (nSPS) is 15.2. The van der Waals surface area contributed by atoms with Gasteiger partial charge in [0, 0.05) is 31.9 Å². The number of hydrogen-bond acceptors (Lipinski definition) is 4. The van der Waals surface area contributed by atoms with Crippen LogP contribution in [0.25, 0.3) is 6.08 Å². The molecular formula is C19H20FN3O2. The monoisotopic (exact) mass is 341 g/mol. The number of carbonyl (C=O) groups is 1. The second-order valence-corrected chi connectivity index (χ2v) is 5.74. The third kappa shape index (κ3) is 4.87. The van der Waals surface area contributed by atoms with E-state index in [0.717, 1.165) is 26.1 Å². The average Bonchev–Trinajstić information content (AvgIpc) is 2.92. The molecule has 0 bridgehead atoms. The number of halogens is 1. The van der Waals surface area contributed by atoms with E-state index in [1.54, 1.807) is 41.4 Å². The lowest BCUT2D eigenvalue weighted by molar-refractivity contribution is -0.125. The minimum atomic E-state index is -0.488. The van der Waals surface area contributed by atoms with Gasteiger partial charge in [0.05, 0.1) is 6.20 Å². The van der Waals surface area contributed by atoms with Crippen molar-refractivity contribution < 1.29 is 13.9 Å². The summed E-state index contributed by atoms with van der Waals surface area (Å²) in [4.78, 5) is 17.9. The van der Waals surface area contributed by atoms with Gasteiger partial charge in [-0.25, -0.2) is 4.39 Å². The zero-order chi connectivity index (χ0) is 17.5. The Balaban J connectivity index is 1.65. The highest BCUT2D eigenvalue weighted by molar-refractivity contribution is 5.91. The summed E-state index contributed by atoms with van der Waals surface area (Å²) < 4.78 is 19.6. The fourth-order valence-corrected chi connectivity index (χ4v) is 2.58. The highest BCUT2D eigenvalue weighted by Crippen LogP contribution is 2.24. The van der Waals surface area contributed by atoms with Crippen LogP contribution >= 0.6 is 0 Å². The Labute approximate surface area is 146 Å². The van der Waals surface area contributed by atoms with Crippen molar-refractivity contribution in [2.24, 2.45) is 0 Å². The first-order valence-electron chi connectivity index (χ1n) is 8.27. The van der Waals surface area contributed by atoms with Crippen molar-refractivity contribution >= 4 is 12.0 Å². The van der Waals surface area contributed by atoms with Crippen LogP contribution in [0.3, 0.4) is 0 Å². The lowest BCUT2D eigenvalue weighted by Gasteiger charge is -2.17. The van der Waals surface area contributed by atoms with Gasteiger partial charge in [-0.1, -0.05) is 6.07 Å². The van der Waals surface area contributed by atoms with Gasteiger partial charge in [-0.05, 0) is 48.9 Å². The molecule has 1 aliphatic rings. The lowest BCUT2D eigenvalue weighted by Crippen LogP contribution is -2.32. The van der Waals surface area contributed by atoms with E-state index in [0.29, 0.717) is 17.9 Å². The minimum Gasteiger partial charge on any atom is -0.453 e. The maximum absolute atomic E-state index is 14.2. The smallest absolute Gasteiger partial charge is 0.246 e. The highest BCUT2D eigenvalue weighted by atomic mass is 19.1. The third-order valence-corrected chi connectivity index (χ3v) is 3.89. The highest BCUT2D eigenvalue weighted by Gasteiger charge is 2.12. The van der Waals surface area contributed by atoms with E-state index in [-0.39, 0.29) is 11.7 Å². The average molecular weight is 341 g/mol. The SMILES string of the molecule is O=C(/C=C/c1ccc(Oc2cccnc2)c(F)c1)N1CCCNCC1. The maximum atomic E-state index is 14.2. The molecule has 0 spiro atoms. The van der Waals surface area contributed by atoms with E-state index in [1.807, 2.05) is 0 Å². The fourth-order valence-electron chi connectivity index (χ4n) is 2.58. The summed E-state index contributed by atoms with van der Waals surface area (Å²) in [5.41, 5.74) is 0.609. The molecule has 1 N–H and O–H groups in total. The van der Waals surface area contributed by atoms with Crippen LogP contribution in [0.5, 0.6) is 11.5 Å². The number of nitrogens with one attached hydrogen (secondary N) is 1. The molecule has 1 aromatic carbocycles. The Morgan fingerprint density at radius 3 is 3.00 bits per heavy atom. The molecule has 0 saturated carbocycles. The summed E-state index contributed by atoms with van der Waals surface area (Å²) in [5, 5.41) is 3.25. The molecule has 1 fully saturated rings. The van der Waals surface area contributed by atoms with Crippen molar-refractivity contribution in [1.29, 1.82) is 0 Å². The Kier molecular flexibility index (Phi) is 5.74. The van der Waals surface area contributed by atoms with Crippen molar-refractivity contribution in [1.82, 2.24) is 15.2 Å². The van der Waals surface area contributed by atoms with E-state index < -0.39 is 5.82 Å². The van der Waals surface area contributed by atoms with Crippen molar-refractivity contribution in [3.8, 4) is 11.5 Å². The number of aromatic nitrogens is 1. The van der Waals surface area contributed by atoms with Crippen molar-refractivity contribution in [3.05, 3.63) is 60.2 Å². The van der Waals surface area contributed by atoms with Crippen LogP contribution in [0.15, 0.2) is 48.8 Å². The summed E-state index contributed by atoms with van der Waals surface area (Å²) in [6.45, 7) is 3.16. The molecule has 1 aromatic heterocycles. The van der Waals surface area contributed by atoms with E-state index >= 15 is 0 Å². The van der Waals surface area contributed by atoms with E-state index in [2.05, 4.69) is 10.3 Å². The summed E-state index contributed by atoms with van der Waals surface area (Å²) in [6, 6.07) is 8.02. The van der Waals surface area contributed by atoms with Gasteiger partial charge in [-0.2, -0.15) is 0 Å². The number of pyridine rings is 1. The number of rotatable bonds is 4. The van der Waals surface area contributed by atoms with Crippen LogP contribution in [-0.2, 0) is 4.79 Å². The summed E-state index contributed by atoms with van der Waals surface area (Å²) >= 11 is 0. The molecule has 3 rings (SSSR count). The summed E-state index contributed by atoms with van der Waals surface area (Å²) in [5.74, 6) is 0.0435. The van der Waals surface area contributed by atoms with Gasteiger partial charge in [0.15, 0.2) is 11.6 Å². The zero-order valence-corrected chi connectivity index (χ0v) is 13.8. The molecular weight excluding hydrogens is 321 g/mol. The van der Waals surface area contributed by atoms with Gasteiger partial charge in [0.2, 0.25) is 5.91 Å². The van der Waals surface area contributed by atoms with Gasteiger partial charge in [-0.15, -0.1) is 0 Å². The number of hydrogen-bond donors (Lipinski definition) is 1. The number of benzene rings is 1. The first kappa shape index (κ1) is 17.1. The number of ether oxygens (including phenoxy) is 1. The second kappa shape index (κ2) is 8.39. The molecule has 130 valence electrons. The molecule has 0 aliphatic carbocycles. The molecule has 0 radical (unpaired) electrons. The van der Waals surface area contributed by atoms with Gasteiger partial charge in [0.1, 0.15) is 5.75 Å². The Morgan fingerprint density at radius 1 is 1.28 bits per heavy atom. The largest absolute Gasteiger partial charge is 0.453 e. The molecule has 25 heavy (non-hydrogen) atoms. The quantitative estimate of drug-likeness (QED) is 0.869. The third-order valence-electron chi connectivity index (χ3n) is 3.89. The van der Waals surface area contributed by atoms with Crippen LogP contribution in [0.4, 0.5) is 4.39 Å². The van der Waals surface area contributed by atoms with E-state index in [4.69, 9.17) is 4.74 Å². The molecule has 1 amide bonds. The van der Waals surface area contributed by atoms with Gasteiger partial charge < -0.3 is 15.0 Å². The summed E-state index contributed by atoms with van der Waals surface area (Å²) in [7, 11) is 0. The van der Waals surface area contributed by atoms with E-state index in [1.165, 1.54) is 18.3 Å². The van der Waals surface area contributed by atoms with Crippen LogP contribution < -0.4 is 10.1 Å². The maximum Gasteiger partial charge on any atom is 0.246 e. The first-order chi connectivity index (χ1) is 12.2. The predicted octanol–water partition coefficient (Wildman–Crippen LogP) is 2.85. The first-order valence-corrected chi connectivity index (χ1v) is 8.27. The topological polar surface area (TPSA) is 54.5 Å². The van der Waals surface area contributed by atoms with Crippen LogP contribution in [0.2, 0.25) is 0 Å². The predicted molar refractivity (Wildman–Crippen MR) is 93.8 cm³/mol. The Hall–Kier alpha value is -2.73. The fraction of sp³-hybridized carbons (Fsp3) is 0.263. The van der Waals surface area contributed by atoms with Gasteiger partial charge >= 0.3 is 0 Å². The van der Waals surface area contributed by atoms with Gasteiger partial charge in [0.25, 0.3) is 0 Å². The molecule has 2 aromatic rings. The van der Waals surface area contributed by atoms with Crippen LogP contribution in [0.1, 0.15) is 12.0 Å². The van der Waals surface area contributed by atoms with Gasteiger partial charge in [-0.3, -0.25) is 9.78 Å². The molecule has 0 atom stereocenters. The van der Waals surface area contributed by atoms with Crippen LogP contribution in [0, 0.1) is 5.82 Å². The number of carbonyl (C=O) groups excluding carboxylic acids is 1. The van der Waals surface area contributed by atoms with Crippen LogP contribution in [-0.4, -0.2) is 42.0 Å². The van der Waals surface area contributed by atoms with Crippen molar-refractivity contribution in [2.45, 2.75) is 6.42 Å². The number of nitrogens with zero attached hydrogens (tertiary/aromatic N) is 2. The molecule has 5 nitrogen and oxygen atoms in total. The Morgan fingerprint density at radius 2 is 2.20 bits per heavy atom. The molecule has 1 aliphatic heterocycles. The molecule has 6 heteroatoms. The second-order valence-electron chi connectivity index (χ2n) is 5.74. The van der Waals surface area contributed by atoms with Crippen molar-refractivity contribution in [2.75, 3.05) is 26.2 Å². The number of amides is 1. The molecule has 1 saturated heterocycles. The van der Waals surface area contributed by atoms with E-state index in [9.17, 15) is 9.18 Å². The molecule has 0 unspecified atom stereocenters.